The number of hydrogen-bond acceptors (Lipinski definition) is 4. The summed E-state index contributed by atoms with van der Waals surface area (Å²) >= 11 is 6.12. The molecule has 0 saturated carbocycles. The number of rotatable bonds is 1. The molecule has 1 fully saturated rings. The summed E-state index contributed by atoms with van der Waals surface area (Å²) in [7, 11) is 0. The van der Waals surface area contributed by atoms with Crippen molar-refractivity contribution >= 4 is 23.3 Å². The number of aliphatic hydroxyl groups excluding tert-OH is 1. The van der Waals surface area contributed by atoms with E-state index in [0.29, 0.717) is 47.6 Å². The predicted molar refractivity (Wildman–Crippen MR) is 74.9 cm³/mol. The van der Waals surface area contributed by atoms with E-state index in [1.54, 1.807) is 12.1 Å². The Bertz CT molecular complexity index is 688. The van der Waals surface area contributed by atoms with E-state index in [0.717, 1.165) is 11.3 Å². The number of nitrogens with zero attached hydrogens (tertiary/aromatic N) is 3. The third-order valence-corrected chi connectivity index (χ3v) is 3.98. The van der Waals surface area contributed by atoms with E-state index in [1.165, 1.54) is 0 Å². The standard InChI is InChI=1S/C14H12ClN3O2/c1-8-10(3-2-9(6-16)13(8)15)17-14-18-5-4-12(19)11(18)7-20-14/h2-3,19H,4-5,7H2,1H3. The van der Waals surface area contributed by atoms with Crippen molar-refractivity contribution in [2.45, 2.75) is 13.3 Å². The first-order valence-corrected chi connectivity index (χ1v) is 6.59. The normalized spacial score (nSPS) is 19.2. The molecule has 1 aromatic rings. The Morgan fingerprint density at radius 2 is 2.30 bits per heavy atom. The lowest BCUT2D eigenvalue weighted by Crippen LogP contribution is -2.21. The molecule has 2 heterocycles. The molecule has 0 spiro atoms. The largest absolute Gasteiger partial charge is 0.510 e. The summed E-state index contributed by atoms with van der Waals surface area (Å²) in [6.45, 7) is 2.83. The lowest BCUT2D eigenvalue weighted by Gasteiger charge is -2.11. The zero-order valence-corrected chi connectivity index (χ0v) is 11.6. The number of aliphatic imine (C=N–C) groups is 1. The Hall–Kier alpha value is -2.19. The molecule has 0 bridgehead atoms. The highest BCUT2D eigenvalue weighted by molar-refractivity contribution is 6.32. The highest BCUT2D eigenvalue weighted by Gasteiger charge is 2.33. The lowest BCUT2D eigenvalue weighted by molar-refractivity contribution is 0.338. The smallest absolute Gasteiger partial charge is 0.297 e. The van der Waals surface area contributed by atoms with Crippen LogP contribution in [0, 0.1) is 18.3 Å². The molecule has 2 aliphatic heterocycles. The SMILES string of the molecule is Cc1c(N=C2OCC3=C(O)CCN23)ccc(C#N)c1Cl. The average molecular weight is 290 g/mol. The van der Waals surface area contributed by atoms with E-state index >= 15 is 0 Å². The van der Waals surface area contributed by atoms with Gasteiger partial charge in [0.1, 0.15) is 18.4 Å². The number of amidine groups is 1. The third kappa shape index (κ3) is 1.89. The van der Waals surface area contributed by atoms with Gasteiger partial charge in [0.15, 0.2) is 0 Å². The Kier molecular flexibility index (Phi) is 3.03. The van der Waals surface area contributed by atoms with E-state index < -0.39 is 0 Å². The summed E-state index contributed by atoms with van der Waals surface area (Å²) in [4.78, 5) is 6.31. The van der Waals surface area contributed by atoms with Crippen molar-refractivity contribution in [2.24, 2.45) is 4.99 Å². The minimum atomic E-state index is 0.341. The molecule has 0 atom stereocenters. The van der Waals surface area contributed by atoms with Crippen molar-refractivity contribution < 1.29 is 9.84 Å². The fourth-order valence-corrected chi connectivity index (χ4v) is 2.52. The maximum absolute atomic E-state index is 9.70. The first-order valence-electron chi connectivity index (χ1n) is 6.21. The van der Waals surface area contributed by atoms with Crippen LogP contribution in [0.25, 0.3) is 0 Å². The van der Waals surface area contributed by atoms with Crippen molar-refractivity contribution in [3.63, 3.8) is 0 Å². The van der Waals surface area contributed by atoms with Crippen LogP contribution in [0.3, 0.4) is 0 Å². The Morgan fingerprint density at radius 1 is 1.50 bits per heavy atom. The highest BCUT2D eigenvalue weighted by Crippen LogP contribution is 2.32. The van der Waals surface area contributed by atoms with Crippen LogP contribution in [-0.4, -0.2) is 29.2 Å². The highest BCUT2D eigenvalue weighted by atomic mass is 35.5. The van der Waals surface area contributed by atoms with Crippen molar-refractivity contribution in [1.29, 1.82) is 5.26 Å². The van der Waals surface area contributed by atoms with Gasteiger partial charge in [-0.3, -0.25) is 4.90 Å². The van der Waals surface area contributed by atoms with Crippen LogP contribution in [0.4, 0.5) is 5.69 Å². The van der Waals surface area contributed by atoms with Crippen molar-refractivity contribution in [1.82, 2.24) is 4.90 Å². The fourth-order valence-electron chi connectivity index (χ4n) is 2.31. The molecule has 1 N–H and O–H groups in total. The van der Waals surface area contributed by atoms with Gasteiger partial charge in [-0.2, -0.15) is 10.3 Å². The van der Waals surface area contributed by atoms with Crippen LogP contribution in [0.5, 0.6) is 0 Å². The van der Waals surface area contributed by atoms with Crippen LogP contribution in [0.15, 0.2) is 28.6 Å². The summed E-state index contributed by atoms with van der Waals surface area (Å²) in [6, 6.07) is 5.89. The summed E-state index contributed by atoms with van der Waals surface area (Å²) in [6.07, 6.45) is 0.616. The number of benzene rings is 1. The minimum Gasteiger partial charge on any atom is -0.510 e. The van der Waals surface area contributed by atoms with Gasteiger partial charge in [-0.15, -0.1) is 0 Å². The molecule has 20 heavy (non-hydrogen) atoms. The molecule has 0 aliphatic carbocycles. The number of nitriles is 1. The minimum absolute atomic E-state index is 0.341. The first-order chi connectivity index (χ1) is 9.61. The van der Waals surface area contributed by atoms with E-state index in [4.69, 9.17) is 21.6 Å². The van der Waals surface area contributed by atoms with Gasteiger partial charge >= 0.3 is 0 Å². The summed E-state index contributed by atoms with van der Waals surface area (Å²) in [5.74, 6) is 0.366. The maximum atomic E-state index is 9.70. The van der Waals surface area contributed by atoms with Gasteiger partial charge in [0.25, 0.3) is 6.02 Å². The molecule has 5 nitrogen and oxygen atoms in total. The van der Waals surface area contributed by atoms with Crippen LogP contribution < -0.4 is 0 Å². The molecule has 0 aromatic heterocycles. The topological polar surface area (TPSA) is 68.8 Å². The van der Waals surface area contributed by atoms with Crippen molar-refractivity contribution in [3.8, 4) is 6.07 Å². The van der Waals surface area contributed by atoms with E-state index in [-0.39, 0.29) is 0 Å². The number of aliphatic hydroxyl groups is 1. The van der Waals surface area contributed by atoms with Crippen LogP contribution in [0.2, 0.25) is 5.02 Å². The maximum Gasteiger partial charge on any atom is 0.297 e. The second-order valence-electron chi connectivity index (χ2n) is 4.66. The lowest BCUT2D eigenvalue weighted by atomic mass is 10.1. The van der Waals surface area contributed by atoms with Gasteiger partial charge < -0.3 is 9.84 Å². The Balaban J connectivity index is 1.99. The molecule has 6 heteroatoms. The zero-order valence-electron chi connectivity index (χ0n) is 10.9. The molecule has 1 aromatic carbocycles. The summed E-state index contributed by atoms with van der Waals surface area (Å²) in [5, 5.41) is 19.0. The van der Waals surface area contributed by atoms with E-state index in [9.17, 15) is 5.11 Å². The second-order valence-corrected chi connectivity index (χ2v) is 5.04. The van der Waals surface area contributed by atoms with E-state index in [2.05, 4.69) is 4.99 Å². The second kappa shape index (κ2) is 4.73. The van der Waals surface area contributed by atoms with Gasteiger partial charge in [-0.1, -0.05) is 11.6 Å². The van der Waals surface area contributed by atoms with Crippen LogP contribution in [0.1, 0.15) is 17.5 Å². The van der Waals surface area contributed by atoms with Crippen molar-refractivity contribution in [3.05, 3.63) is 39.7 Å². The molecule has 102 valence electrons. The summed E-state index contributed by atoms with van der Waals surface area (Å²) < 4.78 is 5.50. The number of ether oxygens (including phenoxy) is 1. The summed E-state index contributed by atoms with van der Waals surface area (Å²) in [5.41, 5.74) is 2.61. The molecule has 0 radical (unpaired) electrons. The van der Waals surface area contributed by atoms with Gasteiger partial charge in [0, 0.05) is 13.0 Å². The van der Waals surface area contributed by atoms with Gasteiger partial charge in [-0.05, 0) is 24.6 Å². The van der Waals surface area contributed by atoms with Gasteiger partial charge in [-0.25, -0.2) is 0 Å². The van der Waals surface area contributed by atoms with Crippen LogP contribution >= 0.6 is 11.6 Å². The molecule has 1 saturated heterocycles. The monoisotopic (exact) mass is 289 g/mol. The van der Waals surface area contributed by atoms with Crippen molar-refractivity contribution in [2.75, 3.05) is 13.2 Å². The van der Waals surface area contributed by atoms with Crippen LogP contribution in [-0.2, 0) is 4.74 Å². The fraction of sp³-hybridized carbons (Fsp3) is 0.286. The molecular weight excluding hydrogens is 278 g/mol. The molecule has 0 amide bonds. The quantitative estimate of drug-likeness (QED) is 0.863. The van der Waals surface area contributed by atoms with E-state index in [1.807, 2.05) is 17.9 Å². The molecule has 3 rings (SSSR count). The Morgan fingerprint density at radius 3 is 3.05 bits per heavy atom. The molecule has 2 aliphatic rings. The number of halogens is 1. The number of fused-ring (bicyclic) bond motifs is 1. The first kappa shape index (κ1) is 12.8. The Labute approximate surface area is 121 Å². The number of hydrogen-bond donors (Lipinski definition) is 1. The molecule has 0 unspecified atom stereocenters. The third-order valence-electron chi connectivity index (χ3n) is 3.49. The zero-order chi connectivity index (χ0) is 14.3. The molecular formula is C14H12ClN3O2. The average Bonchev–Trinajstić information content (AvgIpc) is 3.00. The predicted octanol–water partition coefficient (Wildman–Crippen LogP) is 3.01. The van der Waals surface area contributed by atoms with Gasteiger partial charge in [0.2, 0.25) is 0 Å². The van der Waals surface area contributed by atoms with Gasteiger partial charge in [0.05, 0.1) is 22.0 Å².